The van der Waals surface area contributed by atoms with Gasteiger partial charge in [-0.2, -0.15) is 0 Å². The molecular formula is C27H60P2+2. The van der Waals surface area contributed by atoms with Crippen molar-refractivity contribution >= 4 is 14.5 Å². The third-order valence-electron chi connectivity index (χ3n) is 7.18. The third-order valence-corrected chi connectivity index (χ3v) is 17.3. The molecule has 0 atom stereocenters. The molecular weight excluding hydrogens is 386 g/mol. The predicted molar refractivity (Wildman–Crippen MR) is 147 cm³/mol. The van der Waals surface area contributed by atoms with Crippen LogP contribution in [0.1, 0.15) is 125 Å². The fourth-order valence-electron chi connectivity index (χ4n) is 5.04. The first-order valence-corrected chi connectivity index (χ1v) is 18.8. The zero-order chi connectivity index (χ0) is 21.8. The molecule has 0 aromatic carbocycles. The molecule has 0 aliphatic carbocycles. The number of rotatable bonds is 22. The summed E-state index contributed by atoms with van der Waals surface area (Å²) in [6, 6.07) is 0. The van der Waals surface area contributed by atoms with Crippen molar-refractivity contribution in [2.24, 2.45) is 0 Å². The van der Waals surface area contributed by atoms with E-state index >= 15 is 0 Å². The van der Waals surface area contributed by atoms with E-state index in [2.05, 4.69) is 41.5 Å². The second kappa shape index (κ2) is 19.5. The van der Waals surface area contributed by atoms with Crippen LogP contribution in [0.5, 0.6) is 0 Å². The molecule has 0 spiro atoms. The van der Waals surface area contributed by atoms with Gasteiger partial charge >= 0.3 is 0 Å². The lowest BCUT2D eigenvalue weighted by atomic mass is 10.4. The molecule has 0 aliphatic rings. The average molecular weight is 447 g/mol. The Labute approximate surface area is 188 Å². The minimum absolute atomic E-state index is 0.692. The third kappa shape index (κ3) is 13.8. The molecule has 0 aromatic rings. The number of unbranched alkanes of at least 4 members (excludes halogenated alkanes) is 6. The largest absolute Gasteiger partial charge is 0.0652 e. The van der Waals surface area contributed by atoms with Crippen molar-refractivity contribution in [1.82, 2.24) is 0 Å². The molecule has 0 unspecified atom stereocenters. The molecule has 0 rings (SSSR count). The van der Waals surface area contributed by atoms with Crippen LogP contribution in [-0.4, -0.2) is 49.3 Å². The van der Waals surface area contributed by atoms with Gasteiger partial charge in [-0.15, -0.1) is 0 Å². The molecule has 2 heteroatoms. The Kier molecular flexibility index (Phi) is 20.1. The molecule has 0 nitrogen and oxygen atoms in total. The summed E-state index contributed by atoms with van der Waals surface area (Å²) in [5.41, 5.74) is 0. The van der Waals surface area contributed by atoms with Crippen LogP contribution in [0.3, 0.4) is 0 Å². The average Bonchev–Trinajstić information content (AvgIpc) is 2.75. The molecule has 0 radical (unpaired) electrons. The Balaban J connectivity index is 5.21. The predicted octanol–water partition coefficient (Wildman–Crippen LogP) is 10.2. The Morgan fingerprint density at radius 3 is 0.621 bits per heavy atom. The molecule has 0 saturated carbocycles. The fourth-order valence-corrected chi connectivity index (χ4v) is 15.6. The summed E-state index contributed by atoms with van der Waals surface area (Å²) in [6.45, 7) is 14.4. The molecule has 29 heavy (non-hydrogen) atoms. The lowest BCUT2D eigenvalue weighted by Crippen LogP contribution is -2.17. The molecule has 0 aliphatic heterocycles. The van der Waals surface area contributed by atoms with Crippen molar-refractivity contribution in [3.05, 3.63) is 0 Å². The maximum absolute atomic E-state index is 2.41. The van der Waals surface area contributed by atoms with E-state index in [-0.39, 0.29) is 0 Å². The molecule has 0 N–H and O–H groups in total. The summed E-state index contributed by atoms with van der Waals surface area (Å²) < 4.78 is 0. The van der Waals surface area contributed by atoms with E-state index in [4.69, 9.17) is 0 Å². The van der Waals surface area contributed by atoms with Crippen LogP contribution in [0, 0.1) is 0 Å². The van der Waals surface area contributed by atoms with Gasteiger partial charge in [-0.1, -0.05) is 80.1 Å². The summed E-state index contributed by atoms with van der Waals surface area (Å²) in [5, 5.41) is 0. The monoisotopic (exact) mass is 446 g/mol. The Hall–Kier alpha value is 0.860. The molecule has 0 fully saturated rings. The van der Waals surface area contributed by atoms with Gasteiger partial charge in [0.05, 0.1) is 49.3 Å². The van der Waals surface area contributed by atoms with E-state index in [1.807, 2.05) is 0 Å². The molecule has 0 amide bonds. The first-order chi connectivity index (χ1) is 14.1. The summed E-state index contributed by atoms with van der Waals surface area (Å²) in [4.78, 5) is 0. The van der Waals surface area contributed by atoms with Crippen molar-refractivity contribution in [3.63, 3.8) is 0 Å². The normalized spacial score (nSPS) is 12.6. The van der Waals surface area contributed by atoms with Crippen LogP contribution in [-0.2, 0) is 0 Å². The van der Waals surface area contributed by atoms with Gasteiger partial charge in [-0.3, -0.25) is 0 Å². The van der Waals surface area contributed by atoms with Crippen molar-refractivity contribution in [2.75, 3.05) is 49.3 Å². The maximum Gasteiger partial charge on any atom is 0.0628 e. The van der Waals surface area contributed by atoms with E-state index in [0.29, 0.717) is 0 Å². The molecule has 176 valence electrons. The Morgan fingerprint density at radius 2 is 0.448 bits per heavy atom. The summed E-state index contributed by atoms with van der Waals surface area (Å²) >= 11 is 0. The van der Waals surface area contributed by atoms with E-state index in [1.54, 1.807) is 55.7 Å². The second-order valence-electron chi connectivity index (χ2n) is 9.95. The molecule has 0 heterocycles. The molecule has 0 saturated heterocycles. The maximum atomic E-state index is 2.41. The van der Waals surface area contributed by atoms with Gasteiger partial charge in [-0.25, -0.2) is 0 Å². The first kappa shape index (κ1) is 29.9. The zero-order valence-corrected chi connectivity index (χ0v) is 23.5. The fraction of sp³-hybridized carbons (Fsp3) is 1.00. The van der Waals surface area contributed by atoms with Gasteiger partial charge < -0.3 is 0 Å². The van der Waals surface area contributed by atoms with Crippen LogP contribution in [0.2, 0.25) is 0 Å². The van der Waals surface area contributed by atoms with Crippen LogP contribution in [0.25, 0.3) is 0 Å². The number of hydrogen-bond acceptors (Lipinski definition) is 0. The summed E-state index contributed by atoms with van der Waals surface area (Å²) in [6.07, 6.45) is 32.0. The van der Waals surface area contributed by atoms with Gasteiger partial charge in [0.1, 0.15) is 0 Å². The Morgan fingerprint density at radius 1 is 0.276 bits per heavy atom. The first-order valence-electron chi connectivity index (χ1n) is 13.8. The highest BCUT2D eigenvalue weighted by Crippen LogP contribution is 2.65. The highest BCUT2D eigenvalue weighted by molar-refractivity contribution is 7.76. The van der Waals surface area contributed by atoms with Gasteiger partial charge in [0, 0.05) is 20.9 Å². The second-order valence-corrected chi connectivity index (χ2v) is 18.9. The van der Waals surface area contributed by atoms with Gasteiger partial charge in [0.15, 0.2) is 0 Å². The van der Waals surface area contributed by atoms with Crippen molar-refractivity contribution in [3.8, 4) is 0 Å². The van der Waals surface area contributed by atoms with Crippen molar-refractivity contribution in [2.45, 2.75) is 125 Å². The van der Waals surface area contributed by atoms with Crippen LogP contribution < -0.4 is 0 Å². The van der Waals surface area contributed by atoms with E-state index in [0.717, 1.165) is 0 Å². The lowest BCUT2D eigenvalue weighted by molar-refractivity contribution is 0.820. The van der Waals surface area contributed by atoms with Crippen LogP contribution in [0.4, 0.5) is 0 Å². The minimum atomic E-state index is -0.692. The van der Waals surface area contributed by atoms with Gasteiger partial charge in [0.2, 0.25) is 0 Å². The highest BCUT2D eigenvalue weighted by Gasteiger charge is 2.39. The van der Waals surface area contributed by atoms with Crippen molar-refractivity contribution < 1.29 is 0 Å². The molecule has 0 aromatic heterocycles. The Bertz CT molecular complexity index is 264. The van der Waals surface area contributed by atoms with Gasteiger partial charge in [-0.05, 0) is 38.5 Å². The van der Waals surface area contributed by atoms with Crippen molar-refractivity contribution in [1.29, 1.82) is 0 Å². The number of hydrogen-bond donors (Lipinski definition) is 0. The zero-order valence-electron chi connectivity index (χ0n) is 21.7. The summed E-state index contributed by atoms with van der Waals surface area (Å²) in [7, 11) is -1.38. The molecule has 0 bridgehead atoms. The van der Waals surface area contributed by atoms with Crippen LogP contribution in [0.15, 0.2) is 0 Å². The summed E-state index contributed by atoms with van der Waals surface area (Å²) in [5.74, 6) is 0. The quantitative estimate of drug-likeness (QED) is 0.145. The topological polar surface area (TPSA) is 0 Å². The lowest BCUT2D eigenvalue weighted by Gasteiger charge is -2.31. The van der Waals surface area contributed by atoms with E-state index in [9.17, 15) is 0 Å². The van der Waals surface area contributed by atoms with E-state index in [1.165, 1.54) is 77.0 Å². The smallest absolute Gasteiger partial charge is 0.0628 e. The standard InChI is InChI=1S/C27H60P2/c1-7-13-20-28(21-14-8-2,22-15-9-3)26-19-27-29(23-16-10-4,24-17-11-5)25-18-12-6/h7-27H2,1-6H3/q+2. The SMILES string of the molecule is CCCC[P+](CCCC)(CCCC)CCC[P+](CCCC)(CCCC)CCCC. The van der Waals surface area contributed by atoms with Gasteiger partial charge in [0.25, 0.3) is 0 Å². The van der Waals surface area contributed by atoms with Crippen LogP contribution >= 0.6 is 14.5 Å². The highest BCUT2D eigenvalue weighted by atomic mass is 31.2. The minimum Gasteiger partial charge on any atom is -0.0652 e. The van der Waals surface area contributed by atoms with E-state index < -0.39 is 14.5 Å².